The topological polar surface area (TPSA) is 122 Å². The minimum atomic E-state index is -0.867. The van der Waals surface area contributed by atoms with Crippen LogP contribution in [-0.4, -0.2) is 41.6 Å². The number of carboxylic acid groups (broad SMARTS) is 1. The van der Waals surface area contributed by atoms with Gasteiger partial charge in [0.2, 0.25) is 0 Å². The monoisotopic (exact) mass is 373 g/mol. The normalized spacial score (nSPS) is 10.1. The quantitative estimate of drug-likeness (QED) is 0.432. The van der Waals surface area contributed by atoms with Gasteiger partial charge in [-0.2, -0.15) is 0 Å². The number of carbonyl (C=O) groups is 3. The van der Waals surface area contributed by atoms with Crippen molar-refractivity contribution < 1.29 is 34.1 Å². The maximum absolute atomic E-state index is 11.9. The molecule has 0 radical (unpaired) electrons. The molecule has 2 aromatic carbocycles. The molecule has 0 atom stereocenters. The fraction of sp³-hybridized carbons (Fsp3) is 0.211. The first-order valence-corrected chi connectivity index (χ1v) is 8.13. The van der Waals surface area contributed by atoms with Gasteiger partial charge in [0.05, 0.1) is 12.2 Å². The highest BCUT2D eigenvalue weighted by molar-refractivity contribution is 5.92. The summed E-state index contributed by atoms with van der Waals surface area (Å²) in [6.07, 6.45) is 0.976. The Kier molecular flexibility index (Phi) is 7.18. The number of carbonyl (C=O) groups excluding carboxylic acids is 2. The molecule has 142 valence electrons. The lowest BCUT2D eigenvalue weighted by atomic mass is 10.2. The molecule has 0 fully saturated rings. The molecule has 2 aromatic rings. The van der Waals surface area contributed by atoms with Gasteiger partial charge in [0.1, 0.15) is 17.2 Å². The summed E-state index contributed by atoms with van der Waals surface area (Å²) in [5, 5.41) is 20.8. The van der Waals surface area contributed by atoms with E-state index in [4.69, 9.17) is 14.6 Å². The summed E-state index contributed by atoms with van der Waals surface area (Å²) in [4.78, 5) is 33.0. The molecule has 3 N–H and O–H groups in total. The second kappa shape index (κ2) is 9.81. The van der Waals surface area contributed by atoms with E-state index in [0.29, 0.717) is 30.8 Å². The van der Waals surface area contributed by atoms with Crippen LogP contribution < -0.4 is 14.8 Å². The van der Waals surface area contributed by atoms with E-state index in [1.165, 1.54) is 18.2 Å². The molecule has 0 aliphatic heterocycles. The van der Waals surface area contributed by atoms with Crippen molar-refractivity contribution in [1.29, 1.82) is 0 Å². The molecule has 8 heteroatoms. The Morgan fingerprint density at radius 3 is 2.37 bits per heavy atom. The van der Waals surface area contributed by atoms with Gasteiger partial charge >= 0.3 is 5.97 Å². The van der Waals surface area contributed by atoms with Crippen LogP contribution >= 0.6 is 0 Å². The minimum Gasteiger partial charge on any atom is -0.507 e. The minimum absolute atomic E-state index is 0.0454. The molecule has 0 unspecified atom stereocenters. The Labute approximate surface area is 155 Å². The fourth-order valence-electron chi connectivity index (χ4n) is 2.11. The smallest absolute Gasteiger partial charge is 0.303 e. The van der Waals surface area contributed by atoms with Gasteiger partial charge in [0.25, 0.3) is 5.91 Å². The zero-order chi connectivity index (χ0) is 19.6. The van der Waals surface area contributed by atoms with Crippen LogP contribution in [-0.2, 0) is 9.59 Å². The molecular weight excluding hydrogens is 354 g/mol. The summed E-state index contributed by atoms with van der Waals surface area (Å²) in [5.41, 5.74) is 0.678. The number of rotatable bonds is 10. The Hall–Kier alpha value is -3.55. The van der Waals surface area contributed by atoms with E-state index in [1.54, 1.807) is 24.3 Å². The molecule has 1 amide bonds. The second-order valence-electron chi connectivity index (χ2n) is 5.55. The maximum atomic E-state index is 11.9. The van der Waals surface area contributed by atoms with Gasteiger partial charge in [0, 0.05) is 18.2 Å². The van der Waals surface area contributed by atoms with Gasteiger partial charge in [-0.3, -0.25) is 14.4 Å². The standard InChI is InChI=1S/C19H19NO7/c21-11-13-3-6-16(10-17(13)22)27-12-18(23)20-14-4-7-15(8-5-14)26-9-1-2-19(24)25/h3-8,10-11,22H,1-2,9,12H2,(H,20,23)(H,24,25). The van der Waals surface area contributed by atoms with Crippen molar-refractivity contribution in [2.75, 3.05) is 18.5 Å². The number of benzene rings is 2. The number of phenols is 1. The zero-order valence-corrected chi connectivity index (χ0v) is 14.4. The molecule has 0 bridgehead atoms. The highest BCUT2D eigenvalue weighted by Gasteiger charge is 2.07. The molecule has 0 aliphatic rings. The van der Waals surface area contributed by atoms with Gasteiger partial charge < -0.3 is 25.0 Å². The number of phenolic OH excluding ortho intramolecular Hbond substituents is 1. The number of aliphatic carboxylic acids is 1. The number of ether oxygens (including phenoxy) is 2. The molecule has 8 nitrogen and oxygen atoms in total. The number of anilines is 1. The molecule has 27 heavy (non-hydrogen) atoms. The largest absolute Gasteiger partial charge is 0.507 e. The van der Waals surface area contributed by atoms with E-state index in [2.05, 4.69) is 5.32 Å². The maximum Gasteiger partial charge on any atom is 0.303 e. The second-order valence-corrected chi connectivity index (χ2v) is 5.55. The highest BCUT2D eigenvalue weighted by atomic mass is 16.5. The van der Waals surface area contributed by atoms with Gasteiger partial charge in [0.15, 0.2) is 12.9 Å². The molecule has 0 saturated carbocycles. The number of hydrogen-bond donors (Lipinski definition) is 3. The lowest BCUT2D eigenvalue weighted by Crippen LogP contribution is -2.20. The van der Waals surface area contributed by atoms with Crippen molar-refractivity contribution in [3.63, 3.8) is 0 Å². The van der Waals surface area contributed by atoms with E-state index in [1.807, 2.05) is 0 Å². The third-order valence-electron chi connectivity index (χ3n) is 3.44. The molecule has 2 rings (SSSR count). The van der Waals surface area contributed by atoms with Crippen LogP contribution in [0.2, 0.25) is 0 Å². The first-order chi connectivity index (χ1) is 13.0. The summed E-state index contributed by atoms with van der Waals surface area (Å²) in [7, 11) is 0. The summed E-state index contributed by atoms with van der Waals surface area (Å²) in [5.74, 6) is -0.654. The SMILES string of the molecule is O=Cc1ccc(OCC(=O)Nc2ccc(OCCCC(=O)O)cc2)cc1O. The van der Waals surface area contributed by atoms with Crippen LogP contribution in [0, 0.1) is 0 Å². The first kappa shape index (κ1) is 19.8. The Balaban J connectivity index is 1.77. The number of hydrogen-bond acceptors (Lipinski definition) is 6. The summed E-state index contributed by atoms with van der Waals surface area (Å²) >= 11 is 0. The third kappa shape index (κ3) is 6.69. The van der Waals surface area contributed by atoms with Crippen LogP contribution in [0.4, 0.5) is 5.69 Å². The van der Waals surface area contributed by atoms with E-state index in [9.17, 15) is 19.5 Å². The van der Waals surface area contributed by atoms with Crippen LogP contribution in [0.15, 0.2) is 42.5 Å². The van der Waals surface area contributed by atoms with Gasteiger partial charge in [-0.05, 0) is 42.8 Å². The third-order valence-corrected chi connectivity index (χ3v) is 3.44. The van der Waals surface area contributed by atoms with Gasteiger partial charge in [-0.15, -0.1) is 0 Å². The Bertz CT molecular complexity index is 802. The average molecular weight is 373 g/mol. The fourth-order valence-corrected chi connectivity index (χ4v) is 2.11. The summed E-state index contributed by atoms with van der Waals surface area (Å²) in [6, 6.07) is 10.7. The Morgan fingerprint density at radius 1 is 1.04 bits per heavy atom. The van der Waals surface area contributed by atoms with Gasteiger partial charge in [-0.1, -0.05) is 0 Å². The van der Waals surface area contributed by atoms with Crippen LogP contribution in [0.5, 0.6) is 17.2 Å². The average Bonchev–Trinajstić information content (AvgIpc) is 2.65. The number of nitrogens with one attached hydrogen (secondary N) is 1. The number of carboxylic acids is 1. The number of amides is 1. The van der Waals surface area contributed by atoms with Gasteiger partial charge in [-0.25, -0.2) is 0 Å². The first-order valence-electron chi connectivity index (χ1n) is 8.13. The molecule has 0 aliphatic carbocycles. The van der Waals surface area contributed by atoms with Crippen LogP contribution in [0.3, 0.4) is 0 Å². The highest BCUT2D eigenvalue weighted by Crippen LogP contribution is 2.22. The number of aldehydes is 1. The Morgan fingerprint density at radius 2 is 1.74 bits per heavy atom. The van der Waals surface area contributed by atoms with Crippen molar-refractivity contribution in [2.24, 2.45) is 0 Å². The molecule has 0 spiro atoms. The van der Waals surface area contributed by atoms with Crippen molar-refractivity contribution in [1.82, 2.24) is 0 Å². The van der Waals surface area contributed by atoms with Crippen molar-refractivity contribution in [2.45, 2.75) is 12.8 Å². The van der Waals surface area contributed by atoms with Crippen LogP contribution in [0.1, 0.15) is 23.2 Å². The van der Waals surface area contributed by atoms with Crippen molar-refractivity contribution >= 4 is 23.9 Å². The van der Waals surface area contributed by atoms with E-state index in [-0.39, 0.29) is 30.1 Å². The van der Waals surface area contributed by atoms with Crippen molar-refractivity contribution in [3.05, 3.63) is 48.0 Å². The molecule has 0 heterocycles. The van der Waals surface area contributed by atoms with E-state index >= 15 is 0 Å². The summed E-state index contributed by atoms with van der Waals surface area (Å²) in [6.45, 7) is 0.0227. The molecule has 0 saturated heterocycles. The summed E-state index contributed by atoms with van der Waals surface area (Å²) < 4.78 is 10.7. The van der Waals surface area contributed by atoms with Crippen LogP contribution in [0.25, 0.3) is 0 Å². The predicted molar refractivity (Wildman–Crippen MR) is 96.4 cm³/mol. The predicted octanol–water partition coefficient (Wildman–Crippen LogP) is 2.47. The lowest BCUT2D eigenvalue weighted by molar-refractivity contribution is -0.137. The molecular formula is C19H19NO7. The van der Waals surface area contributed by atoms with E-state index in [0.717, 1.165) is 0 Å². The lowest BCUT2D eigenvalue weighted by Gasteiger charge is -2.09. The van der Waals surface area contributed by atoms with E-state index < -0.39 is 11.9 Å². The molecule has 0 aromatic heterocycles. The van der Waals surface area contributed by atoms with Crippen molar-refractivity contribution in [3.8, 4) is 17.2 Å². The zero-order valence-electron chi connectivity index (χ0n) is 14.4. The number of aromatic hydroxyl groups is 1.